The van der Waals surface area contributed by atoms with E-state index in [0.29, 0.717) is 26.9 Å². The summed E-state index contributed by atoms with van der Waals surface area (Å²) < 4.78 is 0. The molecule has 0 saturated carbocycles. The summed E-state index contributed by atoms with van der Waals surface area (Å²) in [5.41, 5.74) is 7.54. The molecule has 0 aromatic heterocycles. The monoisotopic (exact) mass is 339 g/mol. The molecule has 0 aliphatic carbocycles. The van der Waals surface area contributed by atoms with Gasteiger partial charge in [-0.2, -0.15) is 0 Å². The maximum absolute atomic E-state index is 6.16. The molecule has 0 radical (unpaired) electrons. The molecule has 0 bridgehead atoms. The molecule has 0 saturated heterocycles. The molecule has 0 unspecified atom stereocenters. The van der Waals surface area contributed by atoms with Crippen molar-refractivity contribution in [3.8, 4) is 11.1 Å². The molecule has 2 aromatic carbocycles. The Morgan fingerprint density at radius 1 is 0.778 bits per heavy atom. The summed E-state index contributed by atoms with van der Waals surface area (Å²) in [6.07, 6.45) is 0. The number of benzene rings is 2. The largest absolute Gasteiger partial charge is 0.398 e. The highest BCUT2D eigenvalue weighted by Gasteiger charge is 2.17. The van der Waals surface area contributed by atoms with Crippen LogP contribution in [0.4, 0.5) is 5.69 Å². The smallest absolute Gasteiger partial charge is 0.0785 e. The lowest BCUT2D eigenvalue weighted by Crippen LogP contribution is -1.92. The van der Waals surface area contributed by atoms with Crippen molar-refractivity contribution in [2.24, 2.45) is 0 Å². The second kappa shape index (κ2) is 5.36. The molecule has 18 heavy (non-hydrogen) atoms. The molecule has 2 rings (SSSR count). The highest BCUT2D eigenvalue weighted by Crippen LogP contribution is 2.45. The minimum absolute atomic E-state index is 0.233. The minimum Gasteiger partial charge on any atom is -0.398 e. The average Bonchev–Trinajstić information content (AvgIpc) is 2.31. The molecule has 0 aliphatic heterocycles. The van der Waals surface area contributed by atoms with Crippen LogP contribution in [0.2, 0.25) is 25.1 Å². The Kier molecular flexibility index (Phi) is 4.20. The van der Waals surface area contributed by atoms with Crippen LogP contribution in [0.1, 0.15) is 0 Å². The van der Waals surface area contributed by atoms with Crippen molar-refractivity contribution in [1.82, 2.24) is 0 Å². The first-order chi connectivity index (χ1) is 8.41. The van der Waals surface area contributed by atoms with Gasteiger partial charge >= 0.3 is 0 Å². The fourth-order valence-corrected chi connectivity index (χ4v) is 2.85. The molecule has 94 valence electrons. The maximum atomic E-state index is 6.16. The van der Waals surface area contributed by atoms with Crippen LogP contribution in [0.3, 0.4) is 0 Å². The Labute approximate surface area is 129 Å². The van der Waals surface area contributed by atoms with E-state index < -0.39 is 0 Å². The topological polar surface area (TPSA) is 26.0 Å². The number of anilines is 1. The Balaban J connectivity index is 2.79. The van der Waals surface area contributed by atoms with Crippen molar-refractivity contribution in [2.75, 3.05) is 5.73 Å². The normalized spacial score (nSPS) is 10.7. The van der Waals surface area contributed by atoms with E-state index in [1.807, 2.05) is 0 Å². The van der Waals surface area contributed by atoms with Crippen LogP contribution in [0.25, 0.3) is 11.1 Å². The first-order valence-corrected chi connectivity index (χ1v) is 6.69. The fraction of sp³-hybridized carbons (Fsp3) is 0. The third-order valence-electron chi connectivity index (χ3n) is 2.40. The van der Waals surface area contributed by atoms with Gasteiger partial charge in [0.25, 0.3) is 0 Å². The van der Waals surface area contributed by atoms with E-state index in [1.165, 1.54) is 6.07 Å². The van der Waals surface area contributed by atoms with Crippen molar-refractivity contribution < 1.29 is 0 Å². The number of hydrogen-bond donors (Lipinski definition) is 1. The zero-order chi connectivity index (χ0) is 13.4. The lowest BCUT2D eigenvalue weighted by atomic mass is 10.0. The molecule has 0 spiro atoms. The van der Waals surface area contributed by atoms with Crippen molar-refractivity contribution in [3.05, 3.63) is 49.4 Å². The summed E-state index contributed by atoms with van der Waals surface area (Å²) in [7, 11) is 0. The van der Waals surface area contributed by atoms with Gasteiger partial charge in [0.2, 0.25) is 0 Å². The summed E-state index contributed by atoms with van der Waals surface area (Å²) in [5, 5.41) is 1.66. The number of rotatable bonds is 1. The van der Waals surface area contributed by atoms with Crippen LogP contribution in [0.5, 0.6) is 0 Å². The first kappa shape index (κ1) is 14.1. The van der Waals surface area contributed by atoms with Gasteiger partial charge in [0, 0.05) is 21.8 Å². The number of nitrogen functional groups attached to an aromatic ring is 1. The van der Waals surface area contributed by atoms with Gasteiger partial charge in [-0.05, 0) is 24.3 Å². The van der Waals surface area contributed by atoms with E-state index in [2.05, 4.69) is 0 Å². The Morgan fingerprint density at radius 2 is 1.44 bits per heavy atom. The molecular weight excluding hydrogens is 335 g/mol. The number of hydrogen-bond acceptors (Lipinski definition) is 1. The van der Waals surface area contributed by atoms with Gasteiger partial charge in [-0.25, -0.2) is 0 Å². The fourth-order valence-electron chi connectivity index (χ4n) is 1.56. The van der Waals surface area contributed by atoms with E-state index in [-0.39, 0.29) is 15.1 Å². The first-order valence-electron chi connectivity index (χ1n) is 4.80. The van der Waals surface area contributed by atoms with E-state index in [9.17, 15) is 0 Å². The zero-order valence-corrected chi connectivity index (χ0v) is 12.6. The highest BCUT2D eigenvalue weighted by atomic mass is 35.5. The van der Waals surface area contributed by atoms with Crippen molar-refractivity contribution in [1.29, 1.82) is 0 Å². The Hall–Kier alpha value is -0.310. The Morgan fingerprint density at radius 3 is 2.11 bits per heavy atom. The molecule has 0 aliphatic rings. The molecule has 6 heteroatoms. The minimum atomic E-state index is 0.233. The predicted molar refractivity (Wildman–Crippen MR) is 81.3 cm³/mol. The third-order valence-corrected chi connectivity index (χ3v) is 4.19. The third kappa shape index (κ3) is 2.52. The predicted octanol–water partition coefficient (Wildman–Crippen LogP) is 6.20. The summed E-state index contributed by atoms with van der Waals surface area (Å²) in [5.74, 6) is 0. The van der Waals surface area contributed by atoms with Gasteiger partial charge in [-0.1, -0.05) is 58.0 Å². The van der Waals surface area contributed by atoms with E-state index >= 15 is 0 Å². The van der Waals surface area contributed by atoms with Crippen molar-refractivity contribution >= 4 is 63.7 Å². The standard InChI is InChI=1S/C12H6Cl5N/c13-5-1-2-9(18)6(3-5)10-7(14)4-8(15)11(16)12(10)17/h1-4H,18H2. The highest BCUT2D eigenvalue weighted by molar-refractivity contribution is 6.51. The van der Waals surface area contributed by atoms with Crippen LogP contribution in [-0.2, 0) is 0 Å². The van der Waals surface area contributed by atoms with Gasteiger partial charge in [0.05, 0.1) is 20.1 Å². The summed E-state index contributed by atoms with van der Waals surface area (Å²) in [6, 6.07) is 6.55. The van der Waals surface area contributed by atoms with Crippen LogP contribution in [-0.4, -0.2) is 0 Å². The van der Waals surface area contributed by atoms with Crippen molar-refractivity contribution in [3.63, 3.8) is 0 Å². The second-order valence-corrected chi connectivity index (χ2v) is 5.58. The molecule has 0 atom stereocenters. The molecule has 0 heterocycles. The molecule has 1 nitrogen and oxygen atoms in total. The van der Waals surface area contributed by atoms with Crippen LogP contribution >= 0.6 is 58.0 Å². The lowest BCUT2D eigenvalue weighted by molar-refractivity contribution is 1.60. The van der Waals surface area contributed by atoms with Gasteiger partial charge in [-0.3, -0.25) is 0 Å². The molecule has 2 aromatic rings. The Bertz CT molecular complexity index is 624. The van der Waals surface area contributed by atoms with Crippen LogP contribution < -0.4 is 5.73 Å². The maximum Gasteiger partial charge on any atom is 0.0785 e. The van der Waals surface area contributed by atoms with E-state index in [4.69, 9.17) is 63.7 Å². The van der Waals surface area contributed by atoms with Crippen LogP contribution in [0, 0.1) is 0 Å². The molecule has 2 N–H and O–H groups in total. The van der Waals surface area contributed by atoms with Gasteiger partial charge in [0.1, 0.15) is 0 Å². The zero-order valence-electron chi connectivity index (χ0n) is 8.78. The quantitative estimate of drug-likeness (QED) is 0.373. The van der Waals surface area contributed by atoms with Crippen LogP contribution in [0.15, 0.2) is 24.3 Å². The van der Waals surface area contributed by atoms with E-state index in [1.54, 1.807) is 18.2 Å². The number of halogens is 5. The second-order valence-electron chi connectivity index (χ2n) is 3.57. The summed E-state index contributed by atoms with van der Waals surface area (Å²) in [4.78, 5) is 0. The molecule has 0 amide bonds. The average molecular weight is 341 g/mol. The van der Waals surface area contributed by atoms with Gasteiger partial charge < -0.3 is 5.73 Å². The summed E-state index contributed by atoms with van der Waals surface area (Å²) >= 11 is 30.1. The number of nitrogens with two attached hydrogens (primary N) is 1. The van der Waals surface area contributed by atoms with Gasteiger partial charge in [-0.15, -0.1) is 0 Å². The summed E-state index contributed by atoms with van der Waals surface area (Å²) in [6.45, 7) is 0. The molecular formula is C12H6Cl5N. The SMILES string of the molecule is Nc1ccc(Cl)cc1-c1c(Cl)cc(Cl)c(Cl)c1Cl. The van der Waals surface area contributed by atoms with E-state index in [0.717, 1.165) is 0 Å². The van der Waals surface area contributed by atoms with Gasteiger partial charge in [0.15, 0.2) is 0 Å². The van der Waals surface area contributed by atoms with Crippen molar-refractivity contribution in [2.45, 2.75) is 0 Å². The lowest BCUT2D eigenvalue weighted by Gasteiger charge is -2.12. The molecule has 0 fully saturated rings.